The Morgan fingerprint density at radius 2 is 1.79 bits per heavy atom. The maximum atomic E-state index is 12.9. The Bertz CT molecular complexity index is 1100. The third kappa shape index (κ3) is 6.21. The van der Waals surface area contributed by atoms with E-state index in [1.165, 1.54) is 44.2 Å². The molecule has 0 saturated heterocycles. The highest BCUT2D eigenvalue weighted by atomic mass is 32.2. The molecule has 1 fully saturated rings. The zero-order chi connectivity index (χ0) is 24.0. The van der Waals surface area contributed by atoms with Crippen LogP contribution < -0.4 is 19.5 Å². The van der Waals surface area contributed by atoms with E-state index in [4.69, 9.17) is 9.47 Å². The van der Waals surface area contributed by atoms with Gasteiger partial charge in [0, 0.05) is 29.9 Å². The second kappa shape index (κ2) is 11.1. The molecule has 1 heterocycles. The average molecular weight is 488 g/mol. The van der Waals surface area contributed by atoms with E-state index in [2.05, 4.69) is 22.0 Å². The molecule has 8 nitrogen and oxygen atoms in total. The summed E-state index contributed by atoms with van der Waals surface area (Å²) >= 11 is 0. The Morgan fingerprint density at radius 1 is 1.03 bits per heavy atom. The van der Waals surface area contributed by atoms with Crippen LogP contribution in [0.15, 0.2) is 47.4 Å². The molecule has 184 valence electrons. The molecule has 1 aliphatic heterocycles. The first-order valence-corrected chi connectivity index (χ1v) is 13.4. The maximum absolute atomic E-state index is 12.9. The van der Waals surface area contributed by atoms with E-state index in [0.29, 0.717) is 48.6 Å². The lowest BCUT2D eigenvalue weighted by atomic mass is 9.94. The molecule has 0 atom stereocenters. The molecule has 34 heavy (non-hydrogen) atoms. The van der Waals surface area contributed by atoms with Gasteiger partial charge in [-0.3, -0.25) is 9.52 Å². The lowest BCUT2D eigenvalue weighted by Gasteiger charge is -2.31. The SMILES string of the molecule is CN(CCCNC(=O)c1cccc(NS(=O)(=O)c2ccc3c(c2)OCCO3)c1)C1CCCCC1. The van der Waals surface area contributed by atoms with E-state index in [9.17, 15) is 13.2 Å². The molecule has 1 saturated carbocycles. The van der Waals surface area contributed by atoms with Crippen molar-refractivity contribution in [3.05, 3.63) is 48.0 Å². The standard InChI is InChI=1S/C25H33N3O5S/c1-28(21-9-3-2-4-10-21)14-6-13-26-25(29)19-7-5-8-20(17-19)27-34(30,31)22-11-12-23-24(18-22)33-16-15-32-23/h5,7-8,11-12,17-18,21,27H,2-4,6,9-10,13-16H2,1H3,(H,26,29). The van der Waals surface area contributed by atoms with E-state index >= 15 is 0 Å². The van der Waals surface area contributed by atoms with Gasteiger partial charge < -0.3 is 19.7 Å². The number of carbonyl (C=O) groups excluding carboxylic acids is 1. The first-order chi connectivity index (χ1) is 16.4. The van der Waals surface area contributed by atoms with Gasteiger partial charge in [0.2, 0.25) is 0 Å². The maximum Gasteiger partial charge on any atom is 0.262 e. The summed E-state index contributed by atoms with van der Waals surface area (Å²) in [5.74, 6) is 0.700. The highest BCUT2D eigenvalue weighted by molar-refractivity contribution is 7.92. The number of benzene rings is 2. The fourth-order valence-corrected chi connectivity index (χ4v) is 5.53. The summed E-state index contributed by atoms with van der Waals surface area (Å²) in [5, 5.41) is 2.94. The van der Waals surface area contributed by atoms with Crippen LogP contribution in [0.3, 0.4) is 0 Å². The molecule has 0 bridgehead atoms. The summed E-state index contributed by atoms with van der Waals surface area (Å²) in [7, 11) is -1.69. The fraction of sp³-hybridized carbons (Fsp3) is 0.480. The van der Waals surface area contributed by atoms with Crippen molar-refractivity contribution in [3.8, 4) is 11.5 Å². The third-order valence-corrected chi connectivity index (χ3v) is 7.75. The number of hydrogen-bond acceptors (Lipinski definition) is 6. The molecule has 4 rings (SSSR count). The Hall–Kier alpha value is -2.78. The second-order valence-corrected chi connectivity index (χ2v) is 10.6. The van der Waals surface area contributed by atoms with Crippen LogP contribution in [0, 0.1) is 0 Å². The number of hydrogen-bond donors (Lipinski definition) is 2. The number of nitrogens with zero attached hydrogens (tertiary/aromatic N) is 1. The molecular weight excluding hydrogens is 454 g/mol. The molecule has 9 heteroatoms. The number of carbonyl (C=O) groups is 1. The van der Waals surface area contributed by atoms with Crippen LogP contribution in [0.1, 0.15) is 48.9 Å². The van der Waals surface area contributed by atoms with Crippen LogP contribution in [-0.4, -0.2) is 58.6 Å². The van der Waals surface area contributed by atoms with Gasteiger partial charge in [-0.2, -0.15) is 0 Å². The number of nitrogens with one attached hydrogen (secondary N) is 2. The van der Waals surface area contributed by atoms with E-state index in [-0.39, 0.29) is 10.8 Å². The molecule has 0 unspecified atom stereocenters. The van der Waals surface area contributed by atoms with Gasteiger partial charge in [0.05, 0.1) is 4.90 Å². The second-order valence-electron chi connectivity index (χ2n) is 8.87. The Morgan fingerprint density at radius 3 is 2.59 bits per heavy atom. The number of sulfonamides is 1. The fourth-order valence-electron chi connectivity index (χ4n) is 4.47. The van der Waals surface area contributed by atoms with Crippen molar-refractivity contribution in [2.75, 3.05) is 38.1 Å². The van der Waals surface area contributed by atoms with Crippen molar-refractivity contribution in [1.82, 2.24) is 10.2 Å². The summed E-state index contributed by atoms with van der Waals surface area (Å²) in [6.07, 6.45) is 7.35. The van der Waals surface area contributed by atoms with Gasteiger partial charge >= 0.3 is 0 Å². The minimum absolute atomic E-state index is 0.0636. The van der Waals surface area contributed by atoms with Gasteiger partial charge in [0.1, 0.15) is 13.2 Å². The number of ether oxygens (including phenoxy) is 2. The molecule has 0 aromatic heterocycles. The number of anilines is 1. The van der Waals surface area contributed by atoms with Crippen molar-refractivity contribution in [3.63, 3.8) is 0 Å². The predicted octanol–water partition coefficient (Wildman–Crippen LogP) is 3.64. The van der Waals surface area contributed by atoms with Crippen LogP contribution in [0.2, 0.25) is 0 Å². The third-order valence-electron chi connectivity index (χ3n) is 6.37. The van der Waals surface area contributed by atoms with E-state index in [1.807, 2.05) is 0 Å². The van der Waals surface area contributed by atoms with Crippen LogP contribution in [-0.2, 0) is 10.0 Å². The molecular formula is C25H33N3O5S. The van der Waals surface area contributed by atoms with Crippen molar-refractivity contribution < 1.29 is 22.7 Å². The van der Waals surface area contributed by atoms with E-state index < -0.39 is 10.0 Å². The Balaban J connectivity index is 1.31. The van der Waals surface area contributed by atoms with Gasteiger partial charge in [-0.1, -0.05) is 25.3 Å². The summed E-state index contributed by atoms with van der Waals surface area (Å²) in [4.78, 5) is 15.1. The number of fused-ring (bicyclic) bond motifs is 1. The van der Waals surface area contributed by atoms with Gasteiger partial charge in [-0.15, -0.1) is 0 Å². The van der Waals surface area contributed by atoms with E-state index in [0.717, 1.165) is 13.0 Å². The number of rotatable bonds is 9. The van der Waals surface area contributed by atoms with Crippen LogP contribution >= 0.6 is 0 Å². The summed E-state index contributed by atoms with van der Waals surface area (Å²) in [6, 6.07) is 11.6. The lowest BCUT2D eigenvalue weighted by molar-refractivity contribution is 0.0950. The van der Waals surface area contributed by atoms with Gasteiger partial charge in [-0.05, 0) is 63.2 Å². The Kier molecular flexibility index (Phi) is 7.95. The normalized spacial score (nSPS) is 16.3. The molecule has 0 spiro atoms. The van der Waals surface area contributed by atoms with Crippen LogP contribution in [0.25, 0.3) is 0 Å². The Labute approximate surface area is 201 Å². The van der Waals surface area contributed by atoms with Crippen molar-refractivity contribution in [2.24, 2.45) is 0 Å². The average Bonchev–Trinajstić information content (AvgIpc) is 2.86. The monoisotopic (exact) mass is 487 g/mol. The molecule has 1 amide bonds. The largest absolute Gasteiger partial charge is 0.486 e. The van der Waals surface area contributed by atoms with Gasteiger partial charge in [0.25, 0.3) is 15.9 Å². The molecule has 0 radical (unpaired) electrons. The molecule has 2 aromatic rings. The molecule has 2 aliphatic rings. The topological polar surface area (TPSA) is 97.0 Å². The van der Waals surface area contributed by atoms with Gasteiger partial charge in [0.15, 0.2) is 11.5 Å². The lowest BCUT2D eigenvalue weighted by Crippen LogP contribution is -2.35. The highest BCUT2D eigenvalue weighted by Gasteiger charge is 2.20. The first-order valence-electron chi connectivity index (χ1n) is 11.9. The molecule has 2 aromatic carbocycles. The first kappa shape index (κ1) is 24.3. The van der Waals surface area contributed by atoms with Crippen molar-refractivity contribution >= 4 is 21.6 Å². The summed E-state index contributed by atoms with van der Waals surface area (Å²) in [6.45, 7) is 2.32. The van der Waals surface area contributed by atoms with E-state index in [1.54, 1.807) is 30.3 Å². The minimum atomic E-state index is -3.85. The zero-order valence-corrected chi connectivity index (χ0v) is 20.4. The molecule has 1 aliphatic carbocycles. The van der Waals surface area contributed by atoms with Crippen LogP contribution in [0.5, 0.6) is 11.5 Å². The quantitative estimate of drug-likeness (QED) is 0.524. The highest BCUT2D eigenvalue weighted by Crippen LogP contribution is 2.32. The predicted molar refractivity (Wildman–Crippen MR) is 131 cm³/mol. The zero-order valence-electron chi connectivity index (χ0n) is 19.6. The van der Waals surface area contributed by atoms with Crippen LogP contribution in [0.4, 0.5) is 5.69 Å². The van der Waals surface area contributed by atoms with Gasteiger partial charge in [-0.25, -0.2) is 8.42 Å². The number of amides is 1. The summed E-state index contributed by atoms with van der Waals surface area (Å²) < 4.78 is 39.2. The smallest absolute Gasteiger partial charge is 0.262 e. The van der Waals surface area contributed by atoms with Crippen molar-refractivity contribution in [2.45, 2.75) is 49.5 Å². The summed E-state index contributed by atoms with van der Waals surface area (Å²) in [5.41, 5.74) is 0.725. The van der Waals surface area contributed by atoms with Crippen molar-refractivity contribution in [1.29, 1.82) is 0 Å². The minimum Gasteiger partial charge on any atom is -0.486 e. The molecule has 2 N–H and O–H groups in total.